The van der Waals surface area contributed by atoms with Gasteiger partial charge in [0, 0.05) is 22.5 Å². The van der Waals surface area contributed by atoms with Crippen LogP contribution in [0, 0.1) is 0 Å². The minimum Gasteiger partial charge on any atom is -0.359 e. The number of carbonyl (C=O) groups excluding carboxylic acids is 1. The van der Waals surface area contributed by atoms with Crippen LogP contribution in [0.3, 0.4) is 0 Å². The quantitative estimate of drug-likeness (QED) is 0.876. The zero-order valence-corrected chi connectivity index (χ0v) is 13.8. The van der Waals surface area contributed by atoms with E-state index in [2.05, 4.69) is 31.7 Å². The second-order valence-corrected chi connectivity index (χ2v) is 6.58. The average molecular weight is 352 g/mol. The fraction of sp³-hybridized carbons (Fsp3) is 0.333. The van der Waals surface area contributed by atoms with Crippen molar-refractivity contribution in [1.82, 2.24) is 10.5 Å². The summed E-state index contributed by atoms with van der Waals surface area (Å²) in [7, 11) is 0. The SMILES string of the molecule is CC(C)(C)c1cc(NC(=O)NCc2ccccc2Br)no1. The Balaban J connectivity index is 1.90. The number of carbonyl (C=O) groups is 1. The molecule has 1 aromatic heterocycles. The van der Waals surface area contributed by atoms with Crippen molar-refractivity contribution in [2.45, 2.75) is 32.7 Å². The Labute approximate surface area is 132 Å². The highest BCUT2D eigenvalue weighted by molar-refractivity contribution is 9.10. The lowest BCUT2D eigenvalue weighted by molar-refractivity contribution is 0.251. The van der Waals surface area contributed by atoms with Gasteiger partial charge in [-0.2, -0.15) is 0 Å². The van der Waals surface area contributed by atoms with Gasteiger partial charge in [-0.1, -0.05) is 60.1 Å². The summed E-state index contributed by atoms with van der Waals surface area (Å²) in [5.41, 5.74) is 0.862. The van der Waals surface area contributed by atoms with E-state index in [0.29, 0.717) is 12.4 Å². The molecule has 112 valence electrons. The summed E-state index contributed by atoms with van der Waals surface area (Å²) in [6.45, 7) is 6.48. The van der Waals surface area contributed by atoms with Crippen LogP contribution in [0.15, 0.2) is 39.3 Å². The van der Waals surface area contributed by atoms with E-state index in [1.165, 1.54) is 0 Å². The molecule has 2 rings (SSSR count). The summed E-state index contributed by atoms with van der Waals surface area (Å²) in [6, 6.07) is 9.14. The summed E-state index contributed by atoms with van der Waals surface area (Å²) in [6.07, 6.45) is 0. The first-order chi connectivity index (χ1) is 9.86. The Hall–Kier alpha value is -1.82. The van der Waals surface area contributed by atoms with E-state index in [9.17, 15) is 4.79 Å². The topological polar surface area (TPSA) is 67.2 Å². The first-order valence-corrected chi connectivity index (χ1v) is 7.41. The number of halogens is 1. The molecule has 0 saturated carbocycles. The van der Waals surface area contributed by atoms with E-state index in [0.717, 1.165) is 15.8 Å². The molecule has 2 N–H and O–H groups in total. The molecule has 2 aromatic rings. The monoisotopic (exact) mass is 351 g/mol. The van der Waals surface area contributed by atoms with Crippen molar-refractivity contribution >= 4 is 27.8 Å². The van der Waals surface area contributed by atoms with E-state index >= 15 is 0 Å². The summed E-state index contributed by atoms with van der Waals surface area (Å²) < 4.78 is 6.17. The zero-order chi connectivity index (χ0) is 15.5. The molecule has 0 spiro atoms. The maximum Gasteiger partial charge on any atom is 0.320 e. The van der Waals surface area contributed by atoms with Crippen molar-refractivity contribution in [3.05, 3.63) is 46.1 Å². The van der Waals surface area contributed by atoms with Gasteiger partial charge in [0.1, 0.15) is 5.76 Å². The molecule has 0 saturated heterocycles. The molecule has 1 heterocycles. The van der Waals surface area contributed by atoms with Gasteiger partial charge in [0.2, 0.25) is 0 Å². The third kappa shape index (κ3) is 4.32. The van der Waals surface area contributed by atoms with E-state index in [1.807, 2.05) is 45.0 Å². The maximum absolute atomic E-state index is 11.8. The van der Waals surface area contributed by atoms with Gasteiger partial charge in [-0.25, -0.2) is 4.79 Å². The number of anilines is 1. The van der Waals surface area contributed by atoms with Crippen molar-refractivity contribution < 1.29 is 9.32 Å². The van der Waals surface area contributed by atoms with Gasteiger partial charge in [-0.3, -0.25) is 5.32 Å². The van der Waals surface area contributed by atoms with Crippen molar-refractivity contribution in [1.29, 1.82) is 0 Å². The minimum atomic E-state index is -0.320. The standard InChI is InChI=1S/C15H18BrN3O2/c1-15(2,3)12-8-13(19-21-12)18-14(20)17-9-10-6-4-5-7-11(10)16/h4-8H,9H2,1-3H3,(H2,17,18,19,20). The van der Waals surface area contributed by atoms with Crippen LogP contribution in [0.4, 0.5) is 10.6 Å². The van der Waals surface area contributed by atoms with Crippen molar-refractivity contribution in [2.24, 2.45) is 0 Å². The number of rotatable bonds is 3. The van der Waals surface area contributed by atoms with Gasteiger partial charge in [-0.15, -0.1) is 0 Å². The molecule has 0 aliphatic rings. The number of hydrogen-bond acceptors (Lipinski definition) is 3. The second-order valence-electron chi connectivity index (χ2n) is 5.73. The number of urea groups is 1. The molecule has 0 atom stereocenters. The zero-order valence-electron chi connectivity index (χ0n) is 12.2. The highest BCUT2D eigenvalue weighted by Gasteiger charge is 2.20. The predicted octanol–water partition coefficient (Wildman–Crippen LogP) is 4.06. The molecule has 5 nitrogen and oxygen atoms in total. The average Bonchev–Trinajstić information content (AvgIpc) is 2.86. The summed E-state index contributed by atoms with van der Waals surface area (Å²) in [5.74, 6) is 1.13. The molecular weight excluding hydrogens is 334 g/mol. The number of benzene rings is 1. The Morgan fingerprint density at radius 3 is 2.67 bits per heavy atom. The maximum atomic E-state index is 11.8. The van der Waals surface area contributed by atoms with Gasteiger partial charge in [0.15, 0.2) is 5.82 Å². The first-order valence-electron chi connectivity index (χ1n) is 6.62. The minimum absolute atomic E-state index is 0.141. The van der Waals surface area contributed by atoms with E-state index in [1.54, 1.807) is 6.07 Å². The molecular formula is C15H18BrN3O2. The lowest BCUT2D eigenvalue weighted by Crippen LogP contribution is -2.28. The normalized spacial score (nSPS) is 11.2. The van der Waals surface area contributed by atoms with Gasteiger partial charge in [0.05, 0.1) is 0 Å². The number of amides is 2. The Kier molecular flexibility index (Phi) is 4.67. The third-order valence-corrected chi connectivity index (χ3v) is 3.66. The second kappa shape index (κ2) is 6.30. The predicted molar refractivity (Wildman–Crippen MR) is 85.2 cm³/mol. The van der Waals surface area contributed by atoms with Crippen molar-refractivity contribution in [3.8, 4) is 0 Å². The summed E-state index contributed by atoms with van der Waals surface area (Å²) >= 11 is 3.44. The molecule has 0 unspecified atom stereocenters. The van der Waals surface area contributed by atoms with Crippen LogP contribution < -0.4 is 10.6 Å². The molecule has 1 aromatic carbocycles. The highest BCUT2D eigenvalue weighted by Crippen LogP contribution is 2.24. The van der Waals surface area contributed by atoms with E-state index in [-0.39, 0.29) is 11.4 Å². The fourth-order valence-electron chi connectivity index (χ4n) is 1.67. The van der Waals surface area contributed by atoms with Crippen LogP contribution >= 0.6 is 15.9 Å². The van der Waals surface area contributed by atoms with Crippen molar-refractivity contribution in [2.75, 3.05) is 5.32 Å². The molecule has 0 fully saturated rings. The molecule has 0 aliphatic heterocycles. The Bertz CT molecular complexity index is 632. The molecule has 0 radical (unpaired) electrons. The lowest BCUT2D eigenvalue weighted by atomic mass is 9.93. The van der Waals surface area contributed by atoms with Crippen molar-refractivity contribution in [3.63, 3.8) is 0 Å². The van der Waals surface area contributed by atoms with Crippen LogP contribution in [-0.2, 0) is 12.0 Å². The van der Waals surface area contributed by atoms with Gasteiger partial charge in [-0.05, 0) is 11.6 Å². The number of nitrogens with one attached hydrogen (secondary N) is 2. The molecule has 6 heteroatoms. The van der Waals surface area contributed by atoms with E-state index < -0.39 is 0 Å². The van der Waals surface area contributed by atoms with Crippen LogP contribution in [-0.4, -0.2) is 11.2 Å². The number of hydrogen-bond donors (Lipinski definition) is 2. The van der Waals surface area contributed by atoms with Crippen LogP contribution in [0.25, 0.3) is 0 Å². The van der Waals surface area contributed by atoms with Crippen LogP contribution in [0.5, 0.6) is 0 Å². The lowest BCUT2D eigenvalue weighted by Gasteiger charge is -2.12. The van der Waals surface area contributed by atoms with Gasteiger partial charge < -0.3 is 9.84 Å². The molecule has 2 amide bonds. The fourth-order valence-corrected chi connectivity index (χ4v) is 2.09. The Morgan fingerprint density at radius 1 is 1.33 bits per heavy atom. The number of aromatic nitrogens is 1. The number of nitrogens with zero attached hydrogens (tertiary/aromatic N) is 1. The first kappa shape index (κ1) is 15.6. The van der Waals surface area contributed by atoms with Crippen LogP contribution in [0.1, 0.15) is 32.1 Å². The van der Waals surface area contributed by atoms with Gasteiger partial charge >= 0.3 is 6.03 Å². The molecule has 0 aliphatic carbocycles. The van der Waals surface area contributed by atoms with E-state index in [4.69, 9.17) is 4.52 Å². The molecule has 0 bridgehead atoms. The summed E-state index contributed by atoms with van der Waals surface area (Å²) in [4.78, 5) is 11.8. The Morgan fingerprint density at radius 2 is 2.05 bits per heavy atom. The smallest absolute Gasteiger partial charge is 0.320 e. The largest absolute Gasteiger partial charge is 0.359 e. The van der Waals surface area contributed by atoms with Crippen LogP contribution in [0.2, 0.25) is 0 Å². The van der Waals surface area contributed by atoms with Gasteiger partial charge in [0.25, 0.3) is 0 Å². The highest BCUT2D eigenvalue weighted by atomic mass is 79.9. The third-order valence-electron chi connectivity index (χ3n) is 2.89. The molecule has 21 heavy (non-hydrogen) atoms. The summed E-state index contributed by atoms with van der Waals surface area (Å²) in [5, 5.41) is 9.27.